The van der Waals surface area contributed by atoms with Gasteiger partial charge >= 0.3 is 0 Å². The van der Waals surface area contributed by atoms with E-state index in [-0.39, 0.29) is 0 Å². The minimum Gasteiger partial charge on any atom is -0.497 e. The monoisotopic (exact) mass is 259 g/mol. The van der Waals surface area contributed by atoms with Crippen LogP contribution in [0, 0.1) is 0 Å². The molecule has 0 amide bonds. The van der Waals surface area contributed by atoms with Gasteiger partial charge < -0.3 is 14.6 Å². The fourth-order valence-corrected chi connectivity index (χ4v) is 2.03. The van der Waals surface area contributed by atoms with Crippen LogP contribution < -0.4 is 10.1 Å². The molecule has 1 aromatic heterocycles. The zero-order valence-electron chi connectivity index (χ0n) is 11.6. The lowest BCUT2D eigenvalue weighted by Crippen LogP contribution is -2.15. The maximum Gasteiger partial charge on any atom is 0.119 e. The van der Waals surface area contributed by atoms with Crippen molar-refractivity contribution in [1.29, 1.82) is 0 Å². The van der Waals surface area contributed by atoms with Gasteiger partial charge in [0.15, 0.2) is 0 Å². The van der Waals surface area contributed by atoms with Crippen LogP contribution in [0.25, 0.3) is 0 Å². The van der Waals surface area contributed by atoms with Gasteiger partial charge in [0.25, 0.3) is 0 Å². The van der Waals surface area contributed by atoms with Crippen molar-refractivity contribution in [2.45, 2.75) is 26.4 Å². The highest BCUT2D eigenvalue weighted by Crippen LogP contribution is 2.13. The second-order valence-electron chi connectivity index (χ2n) is 4.46. The molecule has 19 heavy (non-hydrogen) atoms. The number of methoxy groups -OCH3 is 1. The first-order chi connectivity index (χ1) is 9.33. The maximum atomic E-state index is 5.24. The van der Waals surface area contributed by atoms with E-state index in [9.17, 15) is 0 Å². The summed E-state index contributed by atoms with van der Waals surface area (Å²) >= 11 is 0. The molecule has 1 N–H and O–H groups in total. The summed E-state index contributed by atoms with van der Waals surface area (Å²) < 4.78 is 7.44. The van der Waals surface area contributed by atoms with Crippen molar-refractivity contribution in [2.24, 2.45) is 0 Å². The summed E-state index contributed by atoms with van der Waals surface area (Å²) in [6.07, 6.45) is 4.80. The molecule has 0 aliphatic heterocycles. The number of imidazole rings is 1. The number of nitrogens with one attached hydrogen (secondary N) is 1. The van der Waals surface area contributed by atoms with Crippen molar-refractivity contribution in [1.82, 2.24) is 14.9 Å². The van der Waals surface area contributed by atoms with Crippen molar-refractivity contribution in [3.63, 3.8) is 0 Å². The molecule has 0 aliphatic rings. The molecule has 4 heteroatoms. The predicted octanol–water partition coefficient (Wildman–Crippen LogP) is 2.24. The Balaban J connectivity index is 1.96. The van der Waals surface area contributed by atoms with Crippen LogP contribution in [0.2, 0.25) is 0 Å². The van der Waals surface area contributed by atoms with Crippen molar-refractivity contribution in [2.75, 3.05) is 13.7 Å². The number of ether oxygens (including phenoxy) is 1. The smallest absolute Gasteiger partial charge is 0.119 e. The van der Waals surface area contributed by atoms with E-state index in [1.807, 2.05) is 24.7 Å². The van der Waals surface area contributed by atoms with Gasteiger partial charge in [-0.1, -0.05) is 19.1 Å². The third kappa shape index (κ3) is 3.83. The number of hydrogen-bond donors (Lipinski definition) is 1. The van der Waals surface area contributed by atoms with Crippen LogP contribution in [0.3, 0.4) is 0 Å². The number of hydrogen-bond acceptors (Lipinski definition) is 3. The molecule has 0 bridgehead atoms. The summed E-state index contributed by atoms with van der Waals surface area (Å²) in [5, 5.41) is 3.33. The van der Waals surface area contributed by atoms with Gasteiger partial charge in [-0.15, -0.1) is 0 Å². The average molecular weight is 259 g/mol. The van der Waals surface area contributed by atoms with Crippen LogP contribution in [0.1, 0.15) is 18.2 Å². The number of nitrogens with zero attached hydrogens (tertiary/aromatic N) is 2. The second kappa shape index (κ2) is 6.95. The molecule has 0 radical (unpaired) electrons. The molecule has 0 atom stereocenters. The number of rotatable bonds is 7. The first-order valence-electron chi connectivity index (χ1n) is 6.66. The van der Waals surface area contributed by atoms with Crippen LogP contribution in [0.15, 0.2) is 36.8 Å². The number of aromatic nitrogens is 2. The van der Waals surface area contributed by atoms with Crippen molar-refractivity contribution in [3.05, 3.63) is 48.0 Å². The Kier molecular flexibility index (Phi) is 4.98. The van der Waals surface area contributed by atoms with E-state index in [4.69, 9.17) is 4.74 Å². The topological polar surface area (TPSA) is 39.1 Å². The van der Waals surface area contributed by atoms with Gasteiger partial charge in [0.05, 0.1) is 19.1 Å². The first kappa shape index (κ1) is 13.6. The average Bonchev–Trinajstić information content (AvgIpc) is 2.90. The third-order valence-electron chi connectivity index (χ3n) is 3.13. The molecule has 1 heterocycles. The lowest BCUT2D eigenvalue weighted by atomic mass is 10.1. The van der Waals surface area contributed by atoms with Gasteiger partial charge in [-0.2, -0.15) is 0 Å². The van der Waals surface area contributed by atoms with Crippen LogP contribution in [0.5, 0.6) is 5.75 Å². The molecule has 1 aromatic carbocycles. The molecule has 0 saturated carbocycles. The normalized spacial score (nSPS) is 10.6. The minimum absolute atomic E-state index is 0.870. The van der Waals surface area contributed by atoms with E-state index in [0.29, 0.717) is 0 Å². The van der Waals surface area contributed by atoms with Gasteiger partial charge in [-0.05, 0) is 30.7 Å². The summed E-state index contributed by atoms with van der Waals surface area (Å²) in [6, 6.07) is 8.21. The molecular weight excluding hydrogens is 238 g/mol. The zero-order valence-corrected chi connectivity index (χ0v) is 11.6. The molecule has 2 rings (SSSR count). The minimum atomic E-state index is 0.870. The summed E-state index contributed by atoms with van der Waals surface area (Å²) in [5.41, 5.74) is 2.51. The first-order valence-corrected chi connectivity index (χ1v) is 6.66. The highest BCUT2D eigenvalue weighted by molar-refractivity contribution is 5.28. The Bertz CT molecular complexity index is 508. The summed E-state index contributed by atoms with van der Waals surface area (Å²) in [7, 11) is 1.70. The Labute approximate surface area is 114 Å². The zero-order chi connectivity index (χ0) is 13.5. The van der Waals surface area contributed by atoms with Gasteiger partial charge in [-0.25, -0.2) is 4.98 Å². The molecule has 0 spiro atoms. The Morgan fingerprint density at radius 3 is 3.05 bits per heavy atom. The van der Waals surface area contributed by atoms with Crippen LogP contribution in [-0.4, -0.2) is 23.2 Å². The Hall–Kier alpha value is -1.81. The molecule has 4 nitrogen and oxygen atoms in total. The highest BCUT2D eigenvalue weighted by Gasteiger charge is 2.02. The van der Waals surface area contributed by atoms with Crippen LogP contribution in [0.4, 0.5) is 0 Å². The molecule has 2 aromatic rings. The van der Waals surface area contributed by atoms with E-state index < -0.39 is 0 Å². The second-order valence-corrected chi connectivity index (χ2v) is 4.46. The largest absolute Gasteiger partial charge is 0.497 e. The molecular formula is C15H21N3O. The van der Waals surface area contributed by atoms with Crippen LogP contribution >= 0.6 is 0 Å². The Morgan fingerprint density at radius 1 is 1.37 bits per heavy atom. The van der Waals surface area contributed by atoms with E-state index >= 15 is 0 Å². The number of benzene rings is 1. The standard InChI is InChI=1S/C15H21N3O/c1-3-16-10-14-11-17-12-18(14)8-7-13-5-4-6-15(9-13)19-2/h4-6,9,11-12,16H,3,7-8,10H2,1-2H3. The van der Waals surface area contributed by atoms with Gasteiger partial charge in [0, 0.05) is 19.3 Å². The predicted molar refractivity (Wildman–Crippen MR) is 76.3 cm³/mol. The van der Waals surface area contributed by atoms with E-state index in [1.165, 1.54) is 11.3 Å². The lowest BCUT2D eigenvalue weighted by molar-refractivity contribution is 0.414. The quantitative estimate of drug-likeness (QED) is 0.829. The van der Waals surface area contributed by atoms with Gasteiger partial charge in [-0.3, -0.25) is 0 Å². The van der Waals surface area contributed by atoms with E-state index in [1.54, 1.807) is 7.11 Å². The highest BCUT2D eigenvalue weighted by atomic mass is 16.5. The van der Waals surface area contributed by atoms with E-state index in [2.05, 4.69) is 33.9 Å². The lowest BCUT2D eigenvalue weighted by Gasteiger charge is -2.09. The fraction of sp³-hybridized carbons (Fsp3) is 0.400. The van der Waals surface area contributed by atoms with Crippen molar-refractivity contribution < 1.29 is 4.74 Å². The van der Waals surface area contributed by atoms with Crippen LogP contribution in [-0.2, 0) is 19.5 Å². The molecule has 0 unspecified atom stereocenters. The maximum absolute atomic E-state index is 5.24. The summed E-state index contributed by atoms with van der Waals surface area (Å²) in [5.74, 6) is 0.913. The summed E-state index contributed by atoms with van der Waals surface area (Å²) in [4.78, 5) is 4.22. The molecule has 102 valence electrons. The van der Waals surface area contributed by atoms with Gasteiger partial charge in [0.1, 0.15) is 5.75 Å². The summed E-state index contributed by atoms with van der Waals surface area (Å²) in [6.45, 7) is 4.89. The van der Waals surface area contributed by atoms with Gasteiger partial charge in [0.2, 0.25) is 0 Å². The SMILES string of the molecule is CCNCc1cncn1CCc1cccc(OC)c1. The number of aryl methyl sites for hydroxylation is 2. The third-order valence-corrected chi connectivity index (χ3v) is 3.13. The van der Waals surface area contributed by atoms with Crippen molar-refractivity contribution >= 4 is 0 Å². The Morgan fingerprint density at radius 2 is 2.26 bits per heavy atom. The van der Waals surface area contributed by atoms with Crippen molar-refractivity contribution in [3.8, 4) is 5.75 Å². The fourth-order valence-electron chi connectivity index (χ4n) is 2.03. The molecule has 0 saturated heterocycles. The van der Waals surface area contributed by atoms with E-state index in [0.717, 1.165) is 31.8 Å². The molecule has 0 fully saturated rings. The molecule has 0 aliphatic carbocycles.